The van der Waals surface area contributed by atoms with Crippen LogP contribution in [0, 0.1) is 0 Å². The van der Waals surface area contributed by atoms with Crippen LogP contribution in [0.25, 0.3) is 0 Å². The van der Waals surface area contributed by atoms with Crippen LogP contribution in [0.3, 0.4) is 0 Å². The van der Waals surface area contributed by atoms with Crippen LogP contribution in [-0.2, 0) is 7.05 Å². The van der Waals surface area contributed by atoms with Crippen LogP contribution in [0.2, 0.25) is 0 Å². The Bertz CT molecular complexity index is 250. The summed E-state index contributed by atoms with van der Waals surface area (Å²) in [5.74, 6) is 2.12. The van der Waals surface area contributed by atoms with Crippen LogP contribution < -0.4 is 0 Å². The Morgan fingerprint density at radius 1 is 1.69 bits per heavy atom. The van der Waals surface area contributed by atoms with E-state index in [1.54, 1.807) is 10.9 Å². The smallest absolute Gasteiger partial charge is 0.0828 e. The molecule has 4 heteroatoms. The van der Waals surface area contributed by atoms with Crippen LogP contribution >= 0.6 is 11.8 Å². The Balaban J connectivity index is 2.35. The van der Waals surface area contributed by atoms with Gasteiger partial charge in [-0.05, 0) is 17.9 Å². The van der Waals surface area contributed by atoms with E-state index in [1.807, 2.05) is 25.0 Å². The lowest BCUT2D eigenvalue weighted by Gasteiger charge is -2.06. The van der Waals surface area contributed by atoms with Crippen molar-refractivity contribution in [3.63, 3.8) is 0 Å². The maximum absolute atomic E-state index is 9.69. The first-order valence-electron chi connectivity index (χ1n) is 4.48. The molecule has 1 aromatic rings. The third kappa shape index (κ3) is 3.40. The Hall–Kier alpha value is -0.480. The van der Waals surface area contributed by atoms with Gasteiger partial charge in [0.05, 0.1) is 12.3 Å². The summed E-state index contributed by atoms with van der Waals surface area (Å²) in [6, 6.07) is 0. The highest BCUT2D eigenvalue weighted by Gasteiger charge is 2.08. The molecular weight excluding hydrogens is 184 g/mol. The number of aliphatic hydroxyl groups is 1. The summed E-state index contributed by atoms with van der Waals surface area (Å²) < 4.78 is 1.71. The zero-order chi connectivity index (χ0) is 9.68. The second kappa shape index (κ2) is 5.29. The number of thioether (sulfide) groups is 1. The molecule has 1 unspecified atom stereocenters. The summed E-state index contributed by atoms with van der Waals surface area (Å²) in [6.07, 6.45) is 4.04. The summed E-state index contributed by atoms with van der Waals surface area (Å²) in [4.78, 5) is 0. The van der Waals surface area contributed by atoms with E-state index in [2.05, 4.69) is 12.0 Å². The minimum absolute atomic E-state index is 0.354. The molecule has 0 bridgehead atoms. The van der Waals surface area contributed by atoms with E-state index >= 15 is 0 Å². The third-order valence-corrected chi connectivity index (χ3v) is 2.78. The molecule has 0 radical (unpaired) electrons. The van der Waals surface area contributed by atoms with Gasteiger partial charge in [-0.25, -0.2) is 0 Å². The molecular formula is C9H16N2OS. The molecule has 1 atom stereocenters. The number of aromatic nitrogens is 2. The van der Waals surface area contributed by atoms with Crippen LogP contribution in [0.5, 0.6) is 0 Å². The van der Waals surface area contributed by atoms with Gasteiger partial charge in [0.15, 0.2) is 0 Å². The molecule has 74 valence electrons. The number of hydrogen-bond acceptors (Lipinski definition) is 3. The Morgan fingerprint density at radius 2 is 2.46 bits per heavy atom. The number of aryl methyl sites for hydroxylation is 1. The molecule has 0 aromatic carbocycles. The van der Waals surface area contributed by atoms with E-state index in [-0.39, 0.29) is 6.10 Å². The highest BCUT2D eigenvalue weighted by atomic mass is 32.2. The van der Waals surface area contributed by atoms with Gasteiger partial charge in [0.25, 0.3) is 0 Å². The van der Waals surface area contributed by atoms with Crippen LogP contribution in [0.4, 0.5) is 0 Å². The quantitative estimate of drug-likeness (QED) is 0.734. The molecule has 0 fully saturated rings. The van der Waals surface area contributed by atoms with Gasteiger partial charge in [-0.2, -0.15) is 16.9 Å². The van der Waals surface area contributed by atoms with Gasteiger partial charge in [-0.3, -0.25) is 4.68 Å². The van der Waals surface area contributed by atoms with Crippen LogP contribution in [-0.4, -0.2) is 26.4 Å². The fraction of sp³-hybridized carbons (Fsp3) is 0.667. The summed E-state index contributed by atoms with van der Waals surface area (Å²) >= 11 is 1.85. The Labute approximate surface area is 83.1 Å². The number of hydrogen-bond donors (Lipinski definition) is 1. The first-order valence-corrected chi connectivity index (χ1v) is 5.64. The van der Waals surface area contributed by atoms with Gasteiger partial charge in [0, 0.05) is 18.8 Å². The van der Waals surface area contributed by atoms with E-state index in [0.717, 1.165) is 23.5 Å². The molecule has 13 heavy (non-hydrogen) atoms. The average molecular weight is 200 g/mol. The standard InChI is InChI=1S/C9H16N2OS/c1-3-13-5-4-9(12)8-6-10-11(2)7-8/h6-7,9,12H,3-5H2,1-2H3. The van der Waals surface area contributed by atoms with E-state index in [0.29, 0.717) is 0 Å². The van der Waals surface area contributed by atoms with E-state index < -0.39 is 0 Å². The van der Waals surface area contributed by atoms with Crippen molar-refractivity contribution in [2.75, 3.05) is 11.5 Å². The van der Waals surface area contributed by atoms with Crippen LogP contribution in [0.1, 0.15) is 25.0 Å². The highest BCUT2D eigenvalue weighted by Crippen LogP contribution is 2.17. The van der Waals surface area contributed by atoms with Gasteiger partial charge in [0.1, 0.15) is 0 Å². The molecule has 0 aliphatic carbocycles. The van der Waals surface area contributed by atoms with Crippen molar-refractivity contribution in [2.45, 2.75) is 19.4 Å². The monoisotopic (exact) mass is 200 g/mol. The molecule has 1 N–H and O–H groups in total. The average Bonchev–Trinajstić information content (AvgIpc) is 2.52. The molecule has 1 heterocycles. The number of aliphatic hydroxyl groups excluding tert-OH is 1. The van der Waals surface area contributed by atoms with Crippen molar-refractivity contribution in [1.29, 1.82) is 0 Å². The van der Waals surface area contributed by atoms with Gasteiger partial charge >= 0.3 is 0 Å². The summed E-state index contributed by atoms with van der Waals surface area (Å²) in [5, 5.41) is 13.7. The highest BCUT2D eigenvalue weighted by molar-refractivity contribution is 7.99. The van der Waals surface area contributed by atoms with Crippen molar-refractivity contribution < 1.29 is 5.11 Å². The maximum Gasteiger partial charge on any atom is 0.0828 e. The predicted octanol–water partition coefficient (Wildman–Crippen LogP) is 1.60. The normalized spacial score (nSPS) is 13.2. The molecule has 0 saturated heterocycles. The Kier molecular flexibility index (Phi) is 4.32. The van der Waals surface area contributed by atoms with E-state index in [9.17, 15) is 5.11 Å². The predicted molar refractivity (Wildman–Crippen MR) is 55.8 cm³/mol. The lowest BCUT2D eigenvalue weighted by atomic mass is 10.2. The zero-order valence-corrected chi connectivity index (χ0v) is 8.92. The molecule has 1 rings (SSSR count). The minimum Gasteiger partial charge on any atom is -0.388 e. The SMILES string of the molecule is CCSCCC(O)c1cnn(C)c1. The third-order valence-electron chi connectivity index (χ3n) is 1.85. The van der Waals surface area contributed by atoms with Crippen LogP contribution in [0.15, 0.2) is 12.4 Å². The molecule has 0 aliphatic heterocycles. The maximum atomic E-state index is 9.69. The number of rotatable bonds is 5. The summed E-state index contributed by atoms with van der Waals surface area (Å²) in [6.45, 7) is 2.13. The van der Waals surface area contributed by atoms with Crippen molar-refractivity contribution in [3.8, 4) is 0 Å². The van der Waals surface area contributed by atoms with Gasteiger partial charge in [-0.15, -0.1) is 0 Å². The molecule has 3 nitrogen and oxygen atoms in total. The summed E-state index contributed by atoms with van der Waals surface area (Å²) in [5.41, 5.74) is 0.916. The molecule has 1 aromatic heterocycles. The van der Waals surface area contributed by atoms with E-state index in [1.165, 1.54) is 0 Å². The van der Waals surface area contributed by atoms with Gasteiger partial charge in [-0.1, -0.05) is 6.92 Å². The minimum atomic E-state index is -0.354. The van der Waals surface area contributed by atoms with Crippen molar-refractivity contribution in [3.05, 3.63) is 18.0 Å². The second-order valence-corrected chi connectivity index (χ2v) is 4.34. The van der Waals surface area contributed by atoms with E-state index in [4.69, 9.17) is 0 Å². The van der Waals surface area contributed by atoms with Crippen molar-refractivity contribution in [1.82, 2.24) is 9.78 Å². The van der Waals surface area contributed by atoms with Gasteiger partial charge in [0.2, 0.25) is 0 Å². The lowest BCUT2D eigenvalue weighted by Crippen LogP contribution is -1.97. The Morgan fingerprint density at radius 3 is 3.00 bits per heavy atom. The largest absolute Gasteiger partial charge is 0.388 e. The molecule has 0 saturated carbocycles. The molecule has 0 spiro atoms. The first-order chi connectivity index (χ1) is 6.24. The van der Waals surface area contributed by atoms with Gasteiger partial charge < -0.3 is 5.11 Å². The zero-order valence-electron chi connectivity index (χ0n) is 8.10. The molecule has 0 amide bonds. The molecule has 0 aliphatic rings. The summed E-state index contributed by atoms with van der Waals surface area (Å²) in [7, 11) is 1.86. The topological polar surface area (TPSA) is 38.1 Å². The van der Waals surface area contributed by atoms with Crippen molar-refractivity contribution >= 4 is 11.8 Å². The first kappa shape index (κ1) is 10.6. The lowest BCUT2D eigenvalue weighted by molar-refractivity contribution is 0.175. The second-order valence-electron chi connectivity index (χ2n) is 2.95. The van der Waals surface area contributed by atoms with Crippen molar-refractivity contribution in [2.24, 2.45) is 7.05 Å². The number of nitrogens with zero attached hydrogens (tertiary/aromatic N) is 2. The fourth-order valence-corrected chi connectivity index (χ4v) is 1.80. The fourth-order valence-electron chi connectivity index (χ4n) is 1.12.